The number of aliphatic carboxylic acids is 1. The van der Waals surface area contributed by atoms with Crippen LogP contribution in [0.5, 0.6) is 0 Å². The number of allylic oxidation sites excluding steroid dienone is 2. The molecule has 1 unspecified atom stereocenters. The normalized spacial score (nSPS) is 21.4. The second kappa shape index (κ2) is 4.65. The van der Waals surface area contributed by atoms with Gasteiger partial charge >= 0.3 is 5.97 Å². The predicted octanol–water partition coefficient (Wildman–Crippen LogP) is 1.84. The first kappa shape index (κ1) is 10.6. The van der Waals surface area contributed by atoms with Gasteiger partial charge in [0.2, 0.25) is 0 Å². The summed E-state index contributed by atoms with van der Waals surface area (Å²) in [6.07, 6.45) is 7.64. The Balaban J connectivity index is 2.72. The molecule has 0 spiro atoms. The van der Waals surface area contributed by atoms with Crippen molar-refractivity contribution in [1.82, 2.24) is 5.32 Å². The number of carbonyl (C=O) groups is 1. The lowest BCUT2D eigenvalue weighted by molar-refractivity contribution is -0.136. The lowest BCUT2D eigenvalue weighted by Crippen LogP contribution is -2.25. The van der Waals surface area contributed by atoms with Gasteiger partial charge in [-0.3, -0.25) is 4.79 Å². The van der Waals surface area contributed by atoms with E-state index >= 15 is 0 Å². The highest BCUT2D eigenvalue weighted by atomic mass is 16.4. The molecule has 1 aliphatic rings. The average molecular weight is 193 g/mol. The van der Waals surface area contributed by atoms with Crippen molar-refractivity contribution in [3.8, 4) is 0 Å². The number of dihydropyridines is 1. The zero-order valence-electron chi connectivity index (χ0n) is 8.45. The predicted molar refractivity (Wildman–Crippen MR) is 55.8 cm³/mol. The molecule has 76 valence electrons. The first-order valence-corrected chi connectivity index (χ1v) is 4.63. The molecule has 0 radical (unpaired) electrons. The number of rotatable bonds is 3. The van der Waals surface area contributed by atoms with Gasteiger partial charge in [-0.25, -0.2) is 0 Å². The van der Waals surface area contributed by atoms with Crippen molar-refractivity contribution >= 4 is 5.97 Å². The van der Waals surface area contributed by atoms with E-state index in [0.29, 0.717) is 0 Å². The fourth-order valence-corrected chi connectivity index (χ4v) is 1.42. The Labute approximate surface area is 83.8 Å². The maximum Gasteiger partial charge on any atom is 0.307 e. The van der Waals surface area contributed by atoms with Crippen LogP contribution >= 0.6 is 0 Å². The van der Waals surface area contributed by atoms with Crippen LogP contribution in [-0.4, -0.2) is 17.1 Å². The Kier molecular flexibility index (Phi) is 3.51. The molecule has 0 saturated heterocycles. The summed E-state index contributed by atoms with van der Waals surface area (Å²) in [5.74, 6) is -0.795. The van der Waals surface area contributed by atoms with Gasteiger partial charge in [-0.15, -0.1) is 0 Å². The van der Waals surface area contributed by atoms with E-state index in [2.05, 4.69) is 5.32 Å². The molecule has 1 atom stereocenters. The summed E-state index contributed by atoms with van der Waals surface area (Å²) in [5, 5.41) is 11.7. The van der Waals surface area contributed by atoms with Crippen molar-refractivity contribution in [1.29, 1.82) is 0 Å². The fraction of sp³-hybridized carbons (Fsp3) is 0.364. The van der Waals surface area contributed by atoms with Crippen LogP contribution in [0.2, 0.25) is 0 Å². The summed E-state index contributed by atoms with van der Waals surface area (Å²) >= 11 is 0. The number of nitrogens with one attached hydrogen (secondary N) is 1. The molecule has 0 saturated carbocycles. The summed E-state index contributed by atoms with van der Waals surface area (Å²) in [5.41, 5.74) is 2.17. The minimum atomic E-state index is -0.795. The molecule has 0 aromatic carbocycles. The highest BCUT2D eigenvalue weighted by molar-refractivity contribution is 5.69. The first-order chi connectivity index (χ1) is 6.61. The quantitative estimate of drug-likeness (QED) is 0.719. The minimum Gasteiger partial charge on any atom is -0.481 e. The van der Waals surface area contributed by atoms with Gasteiger partial charge in [0.15, 0.2) is 0 Å². The molecule has 0 aromatic heterocycles. The van der Waals surface area contributed by atoms with Gasteiger partial charge in [-0.2, -0.15) is 0 Å². The van der Waals surface area contributed by atoms with E-state index in [0.717, 1.165) is 11.1 Å². The number of carboxylic acids is 1. The molecule has 0 aliphatic carbocycles. The molecule has 1 aliphatic heterocycles. The van der Waals surface area contributed by atoms with E-state index in [-0.39, 0.29) is 12.5 Å². The third-order valence-corrected chi connectivity index (χ3v) is 2.22. The van der Waals surface area contributed by atoms with Crippen molar-refractivity contribution in [2.24, 2.45) is 0 Å². The molecule has 14 heavy (non-hydrogen) atoms. The lowest BCUT2D eigenvalue weighted by Gasteiger charge is -2.19. The Morgan fingerprint density at radius 1 is 1.71 bits per heavy atom. The monoisotopic (exact) mass is 193 g/mol. The molecule has 3 nitrogen and oxygen atoms in total. The van der Waals surface area contributed by atoms with Gasteiger partial charge in [0.05, 0.1) is 6.42 Å². The minimum absolute atomic E-state index is 0.0829. The van der Waals surface area contributed by atoms with Crippen molar-refractivity contribution in [3.05, 3.63) is 35.6 Å². The summed E-state index contributed by atoms with van der Waals surface area (Å²) in [6, 6.07) is 0.255. The number of hydrogen-bond donors (Lipinski definition) is 2. The molecule has 1 rings (SSSR count). The molecule has 0 amide bonds. The Morgan fingerprint density at radius 3 is 3.00 bits per heavy atom. The van der Waals surface area contributed by atoms with Crippen LogP contribution in [0.25, 0.3) is 0 Å². The van der Waals surface area contributed by atoms with E-state index in [9.17, 15) is 4.79 Å². The second-order valence-electron chi connectivity index (χ2n) is 3.35. The maximum atomic E-state index is 10.4. The van der Waals surface area contributed by atoms with Gasteiger partial charge in [-0.05, 0) is 37.3 Å². The number of hydrogen-bond acceptors (Lipinski definition) is 2. The maximum absolute atomic E-state index is 10.4. The van der Waals surface area contributed by atoms with Gasteiger partial charge in [-0.1, -0.05) is 12.2 Å². The van der Waals surface area contributed by atoms with E-state index in [1.165, 1.54) is 0 Å². The molecule has 2 N–H and O–H groups in total. The molecular formula is C11H15NO2. The SMILES string of the molecule is C/C(=C\CC(=O)O)C1=CC=CNC1C. The molecule has 3 heteroatoms. The summed E-state index contributed by atoms with van der Waals surface area (Å²) in [6.45, 7) is 3.99. The fourth-order valence-electron chi connectivity index (χ4n) is 1.42. The zero-order chi connectivity index (χ0) is 10.6. The topological polar surface area (TPSA) is 49.3 Å². The van der Waals surface area contributed by atoms with Crippen LogP contribution in [0.15, 0.2) is 35.6 Å². The standard InChI is InChI=1S/C11H15NO2/c1-8(5-6-11(13)14)10-4-3-7-12-9(10)2/h3-5,7,9,12H,6H2,1-2H3,(H,13,14)/b8-5+. The van der Waals surface area contributed by atoms with E-state index in [4.69, 9.17) is 5.11 Å². The largest absolute Gasteiger partial charge is 0.481 e. The average Bonchev–Trinajstić information content (AvgIpc) is 2.15. The molecule has 0 bridgehead atoms. The second-order valence-corrected chi connectivity index (χ2v) is 3.35. The van der Waals surface area contributed by atoms with Gasteiger partial charge in [0.1, 0.15) is 0 Å². The smallest absolute Gasteiger partial charge is 0.307 e. The Bertz CT molecular complexity index is 313. The van der Waals surface area contributed by atoms with Crippen LogP contribution < -0.4 is 5.32 Å². The van der Waals surface area contributed by atoms with Crippen LogP contribution in [0, 0.1) is 0 Å². The van der Waals surface area contributed by atoms with Gasteiger partial charge in [0.25, 0.3) is 0 Å². The van der Waals surface area contributed by atoms with E-state index in [1.807, 2.05) is 32.2 Å². The lowest BCUT2D eigenvalue weighted by atomic mass is 9.98. The molecule has 0 aromatic rings. The van der Waals surface area contributed by atoms with Gasteiger partial charge in [0, 0.05) is 6.04 Å². The van der Waals surface area contributed by atoms with Crippen LogP contribution in [0.3, 0.4) is 0 Å². The summed E-state index contributed by atoms with van der Waals surface area (Å²) < 4.78 is 0. The van der Waals surface area contributed by atoms with Crippen molar-refractivity contribution in [3.63, 3.8) is 0 Å². The third kappa shape index (κ3) is 2.76. The Hall–Kier alpha value is -1.51. The Morgan fingerprint density at radius 2 is 2.43 bits per heavy atom. The van der Waals surface area contributed by atoms with Crippen LogP contribution in [-0.2, 0) is 4.79 Å². The highest BCUT2D eigenvalue weighted by Gasteiger charge is 2.10. The van der Waals surface area contributed by atoms with Gasteiger partial charge < -0.3 is 10.4 Å². The third-order valence-electron chi connectivity index (χ3n) is 2.22. The van der Waals surface area contributed by atoms with Crippen molar-refractivity contribution < 1.29 is 9.90 Å². The molecular weight excluding hydrogens is 178 g/mol. The molecule has 0 fully saturated rings. The number of carboxylic acid groups (broad SMARTS) is 1. The van der Waals surface area contributed by atoms with E-state index in [1.54, 1.807) is 6.08 Å². The molecule has 1 heterocycles. The first-order valence-electron chi connectivity index (χ1n) is 4.63. The van der Waals surface area contributed by atoms with Crippen molar-refractivity contribution in [2.45, 2.75) is 26.3 Å². The summed E-state index contributed by atoms with van der Waals surface area (Å²) in [7, 11) is 0. The summed E-state index contributed by atoms with van der Waals surface area (Å²) in [4.78, 5) is 10.4. The highest BCUT2D eigenvalue weighted by Crippen LogP contribution is 2.17. The zero-order valence-corrected chi connectivity index (χ0v) is 8.45. The van der Waals surface area contributed by atoms with Crippen LogP contribution in [0.1, 0.15) is 20.3 Å². The van der Waals surface area contributed by atoms with Crippen molar-refractivity contribution in [2.75, 3.05) is 0 Å². The van der Waals surface area contributed by atoms with E-state index < -0.39 is 5.97 Å². The van der Waals surface area contributed by atoms with Crippen LogP contribution in [0.4, 0.5) is 0 Å².